The minimum absolute atomic E-state index is 0.310. The SMILES string of the molecule is CC(OC(C)c1ccccc1F)c1ccccc1F. The average Bonchev–Trinajstić information content (AvgIpc) is 2.39. The molecule has 100 valence electrons. The number of benzene rings is 2. The van der Waals surface area contributed by atoms with Crippen LogP contribution in [0, 0.1) is 11.6 Å². The van der Waals surface area contributed by atoms with Gasteiger partial charge in [0, 0.05) is 11.1 Å². The van der Waals surface area contributed by atoms with Crippen molar-refractivity contribution in [3.63, 3.8) is 0 Å². The minimum Gasteiger partial charge on any atom is -0.366 e. The standard InChI is InChI=1S/C16H16F2O/c1-11(13-7-3-5-9-15(13)17)19-12(2)14-8-4-6-10-16(14)18/h3-12H,1-2H3. The monoisotopic (exact) mass is 262 g/mol. The molecule has 0 aromatic heterocycles. The van der Waals surface area contributed by atoms with Crippen LogP contribution in [0.25, 0.3) is 0 Å². The van der Waals surface area contributed by atoms with Crippen LogP contribution in [0.3, 0.4) is 0 Å². The molecule has 19 heavy (non-hydrogen) atoms. The lowest BCUT2D eigenvalue weighted by Crippen LogP contribution is -2.08. The van der Waals surface area contributed by atoms with E-state index < -0.39 is 12.2 Å². The van der Waals surface area contributed by atoms with Crippen molar-refractivity contribution < 1.29 is 13.5 Å². The van der Waals surface area contributed by atoms with Gasteiger partial charge in [-0.2, -0.15) is 0 Å². The molecule has 0 fully saturated rings. The summed E-state index contributed by atoms with van der Waals surface area (Å²) in [6, 6.07) is 12.9. The van der Waals surface area contributed by atoms with Gasteiger partial charge in [0.2, 0.25) is 0 Å². The van der Waals surface area contributed by atoms with Crippen LogP contribution >= 0.6 is 0 Å². The molecule has 0 aliphatic heterocycles. The van der Waals surface area contributed by atoms with Crippen LogP contribution in [0.15, 0.2) is 48.5 Å². The summed E-state index contributed by atoms with van der Waals surface area (Å²) in [5, 5.41) is 0. The van der Waals surface area contributed by atoms with Crippen LogP contribution in [0.1, 0.15) is 37.2 Å². The smallest absolute Gasteiger partial charge is 0.128 e. The van der Waals surface area contributed by atoms with Crippen molar-refractivity contribution in [2.24, 2.45) is 0 Å². The predicted octanol–water partition coefficient (Wildman–Crippen LogP) is 4.80. The fraction of sp³-hybridized carbons (Fsp3) is 0.250. The van der Waals surface area contributed by atoms with Crippen LogP contribution in [-0.2, 0) is 4.74 Å². The van der Waals surface area contributed by atoms with Gasteiger partial charge in [0.15, 0.2) is 0 Å². The number of ether oxygens (including phenoxy) is 1. The van der Waals surface area contributed by atoms with E-state index >= 15 is 0 Å². The van der Waals surface area contributed by atoms with Crippen LogP contribution in [0.5, 0.6) is 0 Å². The number of hydrogen-bond donors (Lipinski definition) is 0. The Morgan fingerprint density at radius 1 is 0.737 bits per heavy atom. The summed E-state index contributed by atoms with van der Waals surface area (Å²) in [7, 11) is 0. The summed E-state index contributed by atoms with van der Waals surface area (Å²) >= 11 is 0. The molecule has 2 unspecified atom stereocenters. The second kappa shape index (κ2) is 5.93. The van der Waals surface area contributed by atoms with Crippen molar-refractivity contribution in [3.8, 4) is 0 Å². The molecule has 0 N–H and O–H groups in total. The highest BCUT2D eigenvalue weighted by atomic mass is 19.1. The van der Waals surface area contributed by atoms with Crippen molar-refractivity contribution in [2.45, 2.75) is 26.1 Å². The highest BCUT2D eigenvalue weighted by Crippen LogP contribution is 2.28. The Morgan fingerprint density at radius 3 is 1.47 bits per heavy atom. The largest absolute Gasteiger partial charge is 0.366 e. The van der Waals surface area contributed by atoms with E-state index in [1.807, 2.05) is 0 Å². The third-order valence-corrected chi connectivity index (χ3v) is 3.09. The van der Waals surface area contributed by atoms with Crippen molar-refractivity contribution in [1.82, 2.24) is 0 Å². The minimum atomic E-state index is -0.434. The van der Waals surface area contributed by atoms with Crippen molar-refractivity contribution in [1.29, 1.82) is 0 Å². The molecule has 0 saturated heterocycles. The number of halogens is 2. The summed E-state index contributed by atoms with van der Waals surface area (Å²) in [6.07, 6.45) is -0.869. The molecular formula is C16H16F2O. The summed E-state index contributed by atoms with van der Waals surface area (Å²) in [5.74, 6) is -0.619. The molecule has 2 aromatic carbocycles. The molecule has 0 saturated carbocycles. The Bertz CT molecular complexity index is 504. The third-order valence-electron chi connectivity index (χ3n) is 3.09. The van der Waals surface area contributed by atoms with E-state index in [0.717, 1.165) is 0 Å². The first-order valence-corrected chi connectivity index (χ1v) is 6.24. The Kier molecular flexibility index (Phi) is 4.27. The van der Waals surface area contributed by atoms with Gasteiger partial charge >= 0.3 is 0 Å². The second-order valence-electron chi connectivity index (χ2n) is 4.46. The molecule has 0 spiro atoms. The molecule has 2 atom stereocenters. The van der Waals surface area contributed by atoms with E-state index in [1.165, 1.54) is 12.1 Å². The first-order valence-electron chi connectivity index (χ1n) is 6.24. The highest BCUT2D eigenvalue weighted by Gasteiger charge is 2.17. The first kappa shape index (κ1) is 13.7. The maximum absolute atomic E-state index is 13.6. The molecular weight excluding hydrogens is 246 g/mol. The first-order chi connectivity index (χ1) is 9.09. The molecule has 2 aromatic rings. The van der Waals surface area contributed by atoms with Gasteiger partial charge < -0.3 is 4.74 Å². The zero-order valence-corrected chi connectivity index (χ0v) is 10.9. The van der Waals surface area contributed by atoms with E-state index in [9.17, 15) is 8.78 Å². The quantitative estimate of drug-likeness (QED) is 0.768. The zero-order chi connectivity index (χ0) is 13.8. The van der Waals surface area contributed by atoms with E-state index in [-0.39, 0.29) is 11.6 Å². The topological polar surface area (TPSA) is 9.23 Å². The molecule has 1 nitrogen and oxygen atoms in total. The molecule has 0 aliphatic carbocycles. The lowest BCUT2D eigenvalue weighted by molar-refractivity contribution is 0.00230. The Labute approximate surface area is 111 Å². The summed E-state index contributed by atoms with van der Waals surface area (Å²) in [5.41, 5.74) is 0.955. The maximum atomic E-state index is 13.6. The van der Waals surface area contributed by atoms with Crippen molar-refractivity contribution in [2.75, 3.05) is 0 Å². The summed E-state index contributed by atoms with van der Waals surface area (Å²) < 4.78 is 32.9. The zero-order valence-electron chi connectivity index (χ0n) is 10.9. The fourth-order valence-electron chi connectivity index (χ4n) is 2.06. The normalized spacial score (nSPS) is 14.1. The van der Waals surface area contributed by atoms with Crippen LogP contribution in [0.2, 0.25) is 0 Å². The van der Waals surface area contributed by atoms with Crippen molar-refractivity contribution >= 4 is 0 Å². The van der Waals surface area contributed by atoms with Crippen LogP contribution < -0.4 is 0 Å². The Hall–Kier alpha value is -1.74. The molecule has 0 bridgehead atoms. The average molecular weight is 262 g/mol. The molecule has 0 heterocycles. The van der Waals surface area contributed by atoms with Gasteiger partial charge in [-0.3, -0.25) is 0 Å². The van der Waals surface area contributed by atoms with Gasteiger partial charge in [-0.1, -0.05) is 36.4 Å². The molecule has 0 aliphatic rings. The number of rotatable bonds is 4. The summed E-state index contributed by atoms with van der Waals surface area (Å²) in [4.78, 5) is 0. The number of hydrogen-bond acceptors (Lipinski definition) is 1. The Morgan fingerprint density at radius 2 is 1.11 bits per heavy atom. The molecule has 3 heteroatoms. The molecule has 2 rings (SSSR count). The fourth-order valence-corrected chi connectivity index (χ4v) is 2.06. The van der Waals surface area contributed by atoms with Crippen LogP contribution in [0.4, 0.5) is 8.78 Å². The Balaban J connectivity index is 2.13. The van der Waals surface area contributed by atoms with Gasteiger partial charge in [0.1, 0.15) is 11.6 Å². The van der Waals surface area contributed by atoms with Gasteiger partial charge in [0.05, 0.1) is 12.2 Å². The van der Waals surface area contributed by atoms with Gasteiger partial charge in [-0.05, 0) is 26.0 Å². The summed E-state index contributed by atoms with van der Waals surface area (Å²) in [6.45, 7) is 3.52. The van der Waals surface area contributed by atoms with E-state index in [4.69, 9.17) is 4.74 Å². The lowest BCUT2D eigenvalue weighted by atomic mass is 10.1. The van der Waals surface area contributed by atoms with E-state index in [0.29, 0.717) is 11.1 Å². The highest BCUT2D eigenvalue weighted by molar-refractivity contribution is 5.21. The second-order valence-corrected chi connectivity index (χ2v) is 4.46. The van der Waals surface area contributed by atoms with E-state index in [1.54, 1.807) is 50.2 Å². The van der Waals surface area contributed by atoms with E-state index in [2.05, 4.69) is 0 Å². The molecule has 0 amide bonds. The maximum Gasteiger partial charge on any atom is 0.128 e. The van der Waals surface area contributed by atoms with Gasteiger partial charge in [-0.15, -0.1) is 0 Å². The predicted molar refractivity (Wildman–Crippen MR) is 70.7 cm³/mol. The van der Waals surface area contributed by atoms with Crippen molar-refractivity contribution in [3.05, 3.63) is 71.3 Å². The lowest BCUT2D eigenvalue weighted by Gasteiger charge is -2.20. The van der Waals surface area contributed by atoms with Crippen LogP contribution in [-0.4, -0.2) is 0 Å². The third kappa shape index (κ3) is 3.18. The molecule has 0 radical (unpaired) electrons. The van der Waals surface area contributed by atoms with Gasteiger partial charge in [0.25, 0.3) is 0 Å². The van der Waals surface area contributed by atoms with Gasteiger partial charge in [-0.25, -0.2) is 8.78 Å².